The Morgan fingerprint density at radius 1 is 1.09 bits per heavy atom. The number of likely N-dealkylation sites (tertiary alicyclic amines) is 1. The second kappa shape index (κ2) is 13.5. The number of benzene rings is 2. The first-order valence-corrected chi connectivity index (χ1v) is 16.1. The summed E-state index contributed by atoms with van der Waals surface area (Å²) in [6, 6.07) is 4.66. The van der Waals surface area contributed by atoms with E-state index in [9.17, 15) is 22.8 Å². The van der Waals surface area contributed by atoms with Gasteiger partial charge in [-0.05, 0) is 63.5 Å². The van der Waals surface area contributed by atoms with Gasteiger partial charge in [0.05, 0.1) is 22.9 Å². The average Bonchev–Trinajstić information content (AvgIpc) is 3.75. The summed E-state index contributed by atoms with van der Waals surface area (Å²) in [5, 5.41) is 12.7. The number of thiophene rings is 1. The van der Waals surface area contributed by atoms with E-state index in [0.29, 0.717) is 24.4 Å². The van der Waals surface area contributed by atoms with Crippen molar-refractivity contribution in [1.82, 2.24) is 20.2 Å². The molecule has 5 heterocycles. The van der Waals surface area contributed by atoms with E-state index in [0.717, 1.165) is 31.0 Å². The minimum atomic E-state index is -5.00. The van der Waals surface area contributed by atoms with Crippen LogP contribution in [-0.4, -0.2) is 67.3 Å². The minimum Gasteiger partial charge on any atom is -0.467 e. The standard InChI is InChI=1S/C25H19F5N6OS.C5H11N.C2H6/c1-37-24-34-20-13(23(35-24)36-8-10-2-3-11(9-36)33-10)6-15(25(28,29)30)18(19(20)27)12-4-5-16(26)21-17(12)14(7-31)22(32)38-21;1-6-4-2-3-5-6;1-2/h4-6,10-11,33H,2-3,8-9,32H2,1H3;2-5H2,1H3;1-2H3. The number of rotatable bonds is 3. The summed E-state index contributed by atoms with van der Waals surface area (Å²) in [6.07, 6.45) is -0.343. The van der Waals surface area contributed by atoms with Crippen LogP contribution in [0.4, 0.5) is 32.8 Å². The fraction of sp³-hybridized carbons (Fsp3) is 0.469. The maximum atomic E-state index is 16.4. The van der Waals surface area contributed by atoms with E-state index in [2.05, 4.69) is 27.2 Å². The molecule has 7 rings (SSSR count). The van der Waals surface area contributed by atoms with Crippen molar-refractivity contribution < 1.29 is 26.7 Å². The van der Waals surface area contributed by atoms with Crippen molar-refractivity contribution in [2.45, 2.75) is 57.8 Å². The molecule has 3 N–H and O–H groups in total. The maximum absolute atomic E-state index is 16.4. The first kappa shape index (κ1) is 33.6. The number of hydrogen-bond donors (Lipinski definition) is 2. The van der Waals surface area contributed by atoms with Crippen molar-refractivity contribution in [2.75, 3.05) is 51.0 Å². The highest BCUT2D eigenvalue weighted by Crippen LogP contribution is 2.48. The monoisotopic (exact) mass is 661 g/mol. The number of halogens is 5. The summed E-state index contributed by atoms with van der Waals surface area (Å²) in [7, 11) is 3.46. The SMILES string of the molecule is CC.CN1CCCC1.COc1nc(N2CC3CCC(C2)N3)c2cc(C(F)(F)F)c(-c3ccc(F)c4sc(N)c(C#N)c34)c(F)c2n1. The number of ether oxygens (including phenoxy) is 1. The van der Waals surface area contributed by atoms with Gasteiger partial charge in [0.25, 0.3) is 0 Å². The number of anilines is 2. The number of aromatic nitrogens is 2. The lowest BCUT2D eigenvalue weighted by Gasteiger charge is -2.34. The van der Waals surface area contributed by atoms with Gasteiger partial charge >= 0.3 is 12.2 Å². The molecule has 3 aliphatic rings. The molecule has 246 valence electrons. The number of nitriles is 1. The average molecular weight is 662 g/mol. The first-order chi connectivity index (χ1) is 22.0. The molecule has 2 unspecified atom stereocenters. The number of alkyl halides is 3. The van der Waals surface area contributed by atoms with Crippen molar-refractivity contribution >= 4 is 43.1 Å². The summed E-state index contributed by atoms with van der Waals surface area (Å²) in [5.41, 5.74) is 2.82. The molecular formula is C32H36F5N7OS. The highest BCUT2D eigenvalue weighted by molar-refractivity contribution is 7.23. The van der Waals surface area contributed by atoms with Crippen LogP contribution in [0.25, 0.3) is 32.1 Å². The Morgan fingerprint density at radius 3 is 2.28 bits per heavy atom. The van der Waals surface area contributed by atoms with Crippen molar-refractivity contribution in [3.05, 3.63) is 41.0 Å². The van der Waals surface area contributed by atoms with Crippen LogP contribution < -0.4 is 20.7 Å². The van der Waals surface area contributed by atoms with Crippen molar-refractivity contribution in [2.24, 2.45) is 0 Å². The van der Waals surface area contributed by atoms with E-state index < -0.39 is 28.9 Å². The Morgan fingerprint density at radius 2 is 1.74 bits per heavy atom. The zero-order chi connectivity index (χ0) is 33.3. The third-order valence-corrected chi connectivity index (χ3v) is 9.45. The molecule has 0 amide bonds. The number of methoxy groups -OCH3 is 1. The molecule has 14 heteroatoms. The van der Waals surface area contributed by atoms with Gasteiger partial charge in [-0.25, -0.2) is 8.78 Å². The molecule has 3 aliphatic heterocycles. The number of nitrogen functional groups attached to an aromatic ring is 1. The molecule has 0 aliphatic carbocycles. The van der Waals surface area contributed by atoms with Gasteiger partial charge in [-0.2, -0.15) is 28.4 Å². The van der Waals surface area contributed by atoms with E-state index in [1.54, 1.807) is 0 Å². The molecule has 2 atom stereocenters. The molecule has 4 aromatic rings. The molecule has 2 bridgehead atoms. The van der Waals surface area contributed by atoms with Gasteiger partial charge in [0.15, 0.2) is 5.82 Å². The summed E-state index contributed by atoms with van der Waals surface area (Å²) < 4.78 is 79.7. The third-order valence-electron chi connectivity index (χ3n) is 8.42. The predicted octanol–water partition coefficient (Wildman–Crippen LogP) is 6.95. The zero-order valence-corrected chi connectivity index (χ0v) is 26.9. The molecule has 0 radical (unpaired) electrons. The van der Waals surface area contributed by atoms with Crippen LogP contribution >= 0.6 is 11.3 Å². The Hall–Kier alpha value is -3.80. The van der Waals surface area contributed by atoms with E-state index in [1.807, 2.05) is 24.8 Å². The Labute approximate surface area is 268 Å². The van der Waals surface area contributed by atoms with E-state index >= 15 is 4.39 Å². The van der Waals surface area contributed by atoms with Crippen LogP contribution in [0.3, 0.4) is 0 Å². The number of hydrogen-bond acceptors (Lipinski definition) is 9. The highest BCUT2D eigenvalue weighted by Gasteiger charge is 2.39. The van der Waals surface area contributed by atoms with Gasteiger partial charge in [0.1, 0.15) is 28.2 Å². The van der Waals surface area contributed by atoms with E-state index in [-0.39, 0.29) is 61.0 Å². The van der Waals surface area contributed by atoms with Crippen LogP contribution in [0.1, 0.15) is 50.7 Å². The molecule has 0 spiro atoms. The maximum Gasteiger partial charge on any atom is 0.417 e. The second-order valence-electron chi connectivity index (χ2n) is 11.3. The van der Waals surface area contributed by atoms with Gasteiger partial charge in [0, 0.05) is 41.5 Å². The van der Waals surface area contributed by atoms with E-state index in [4.69, 9.17) is 10.5 Å². The van der Waals surface area contributed by atoms with Crippen molar-refractivity contribution in [3.63, 3.8) is 0 Å². The van der Waals surface area contributed by atoms with Gasteiger partial charge in [-0.15, -0.1) is 11.3 Å². The second-order valence-corrected chi connectivity index (χ2v) is 12.4. The molecule has 3 saturated heterocycles. The smallest absolute Gasteiger partial charge is 0.417 e. The summed E-state index contributed by atoms with van der Waals surface area (Å²) in [5.74, 6) is -1.92. The summed E-state index contributed by atoms with van der Waals surface area (Å²) in [6.45, 7) is 7.60. The van der Waals surface area contributed by atoms with Crippen molar-refractivity contribution in [3.8, 4) is 23.2 Å². The molecule has 0 saturated carbocycles. The lowest BCUT2D eigenvalue weighted by atomic mass is 9.92. The Kier molecular flexibility index (Phi) is 9.86. The third kappa shape index (κ3) is 6.28. The zero-order valence-electron chi connectivity index (χ0n) is 26.1. The largest absolute Gasteiger partial charge is 0.467 e. The van der Waals surface area contributed by atoms with Crippen molar-refractivity contribution in [1.29, 1.82) is 5.26 Å². The predicted molar refractivity (Wildman–Crippen MR) is 171 cm³/mol. The molecule has 8 nitrogen and oxygen atoms in total. The summed E-state index contributed by atoms with van der Waals surface area (Å²) >= 11 is 0.714. The van der Waals surface area contributed by atoms with Crippen LogP contribution in [0.15, 0.2) is 18.2 Å². The number of nitrogens with two attached hydrogens (primary N) is 1. The fourth-order valence-electron chi connectivity index (χ4n) is 6.36. The first-order valence-electron chi connectivity index (χ1n) is 15.3. The quantitative estimate of drug-likeness (QED) is 0.228. The Balaban J connectivity index is 0.000000462. The van der Waals surface area contributed by atoms with Gasteiger partial charge in [-0.3, -0.25) is 0 Å². The number of fused-ring (bicyclic) bond motifs is 4. The number of piperazine rings is 1. The van der Waals surface area contributed by atoms with Crippen LogP contribution in [0, 0.1) is 23.0 Å². The van der Waals surface area contributed by atoms with Crippen LogP contribution in [-0.2, 0) is 6.18 Å². The fourth-order valence-corrected chi connectivity index (χ4v) is 7.31. The van der Waals surface area contributed by atoms with Gasteiger partial charge in [0.2, 0.25) is 0 Å². The van der Waals surface area contributed by atoms with Crippen LogP contribution in [0.5, 0.6) is 6.01 Å². The molecular weight excluding hydrogens is 625 g/mol. The molecule has 2 aromatic heterocycles. The van der Waals surface area contributed by atoms with Gasteiger partial charge < -0.3 is 25.6 Å². The Bertz CT molecular complexity index is 1770. The van der Waals surface area contributed by atoms with E-state index in [1.165, 1.54) is 33.0 Å². The number of nitrogens with one attached hydrogen (secondary N) is 1. The lowest BCUT2D eigenvalue weighted by molar-refractivity contribution is -0.137. The van der Waals surface area contributed by atoms with Crippen LogP contribution in [0.2, 0.25) is 0 Å². The lowest BCUT2D eigenvalue weighted by Crippen LogP contribution is -2.51. The highest BCUT2D eigenvalue weighted by atomic mass is 32.1. The molecule has 3 fully saturated rings. The summed E-state index contributed by atoms with van der Waals surface area (Å²) in [4.78, 5) is 12.6. The van der Waals surface area contributed by atoms with Gasteiger partial charge in [-0.1, -0.05) is 19.9 Å². The minimum absolute atomic E-state index is 0.0803. The number of nitrogens with zero attached hydrogens (tertiary/aromatic N) is 5. The molecule has 46 heavy (non-hydrogen) atoms. The normalized spacial score (nSPS) is 19.4. The molecule has 2 aromatic carbocycles. The topological polar surface area (TPSA) is 103 Å².